The summed E-state index contributed by atoms with van der Waals surface area (Å²) in [6, 6.07) is 0. The van der Waals surface area contributed by atoms with Crippen LogP contribution in [0.4, 0.5) is 0 Å². The summed E-state index contributed by atoms with van der Waals surface area (Å²) in [6.07, 6.45) is 3.45. The van der Waals surface area contributed by atoms with Gasteiger partial charge in [-0.25, -0.2) is 4.79 Å². The molecular formula is C8H12O2. The van der Waals surface area contributed by atoms with Gasteiger partial charge in [-0.15, -0.1) is 6.58 Å². The molecule has 0 fully saturated rings. The first-order valence-corrected chi connectivity index (χ1v) is 3.14. The van der Waals surface area contributed by atoms with Gasteiger partial charge in [0.25, 0.3) is 0 Å². The number of carbonyl (C=O) groups is 1. The maximum absolute atomic E-state index is 10.5. The smallest absolute Gasteiger partial charge is 0.330 e. The molecule has 0 heterocycles. The van der Waals surface area contributed by atoms with Crippen molar-refractivity contribution in [1.82, 2.24) is 0 Å². The average molecular weight is 140 g/mol. The molecule has 0 bridgehead atoms. The summed E-state index contributed by atoms with van der Waals surface area (Å²) in [6.45, 7) is 8.60. The molecule has 56 valence electrons. The molecule has 0 saturated carbocycles. The Morgan fingerprint density at radius 3 is 2.70 bits per heavy atom. The summed E-state index contributed by atoms with van der Waals surface area (Å²) < 4.78 is 4.81. The minimum atomic E-state index is -0.380. The summed E-state index contributed by atoms with van der Waals surface area (Å²) in [7, 11) is 0. The molecule has 10 heavy (non-hydrogen) atoms. The van der Waals surface area contributed by atoms with Gasteiger partial charge >= 0.3 is 5.97 Å². The van der Waals surface area contributed by atoms with E-state index in [4.69, 9.17) is 4.74 Å². The maximum atomic E-state index is 10.5. The third-order valence-electron chi connectivity index (χ3n) is 0.983. The van der Waals surface area contributed by atoms with Gasteiger partial charge in [0.2, 0.25) is 0 Å². The van der Waals surface area contributed by atoms with E-state index >= 15 is 0 Å². The van der Waals surface area contributed by atoms with Crippen molar-refractivity contribution < 1.29 is 9.53 Å². The van der Waals surface area contributed by atoms with Crippen LogP contribution in [0.3, 0.4) is 0 Å². The van der Waals surface area contributed by atoms with Gasteiger partial charge < -0.3 is 4.74 Å². The molecule has 0 N–H and O–H groups in total. The summed E-state index contributed by atoms with van der Waals surface area (Å²) in [5.41, 5.74) is 0. The molecule has 0 rings (SSSR count). The second-order valence-corrected chi connectivity index (χ2v) is 1.98. The normalized spacial score (nSPS) is 11.7. The van der Waals surface area contributed by atoms with Crippen LogP contribution in [-0.4, -0.2) is 12.1 Å². The van der Waals surface area contributed by atoms with E-state index in [0.29, 0.717) is 6.42 Å². The fourth-order valence-corrected chi connectivity index (χ4v) is 0.529. The lowest BCUT2D eigenvalue weighted by molar-refractivity contribution is -0.141. The predicted octanol–water partition coefficient (Wildman–Crippen LogP) is 1.68. The van der Waals surface area contributed by atoms with Crippen LogP contribution in [0, 0.1) is 0 Å². The van der Waals surface area contributed by atoms with Gasteiger partial charge in [0.15, 0.2) is 0 Å². The summed E-state index contributed by atoms with van der Waals surface area (Å²) in [4.78, 5) is 10.5. The Hall–Kier alpha value is -1.05. The second kappa shape index (κ2) is 4.79. The molecule has 2 nitrogen and oxygen atoms in total. The Kier molecular flexibility index (Phi) is 4.29. The first-order chi connectivity index (χ1) is 4.70. The van der Waals surface area contributed by atoms with Crippen molar-refractivity contribution in [3.63, 3.8) is 0 Å². The predicted molar refractivity (Wildman–Crippen MR) is 40.6 cm³/mol. The fraction of sp³-hybridized carbons (Fsp3) is 0.375. The minimum absolute atomic E-state index is 0.0944. The molecule has 1 unspecified atom stereocenters. The van der Waals surface area contributed by atoms with Crippen molar-refractivity contribution in [2.45, 2.75) is 19.4 Å². The standard InChI is InChI=1S/C8H12O2/c1-4-6-7(3)10-8(9)5-2/h4-5,7H,1-2,6H2,3H3. The largest absolute Gasteiger partial charge is 0.459 e. The third kappa shape index (κ3) is 3.89. The second-order valence-electron chi connectivity index (χ2n) is 1.98. The van der Waals surface area contributed by atoms with Crippen molar-refractivity contribution >= 4 is 5.97 Å². The Bertz CT molecular complexity index is 138. The van der Waals surface area contributed by atoms with Crippen molar-refractivity contribution in [3.8, 4) is 0 Å². The highest BCUT2D eigenvalue weighted by Crippen LogP contribution is 1.97. The van der Waals surface area contributed by atoms with Crippen LogP contribution in [0.5, 0.6) is 0 Å². The maximum Gasteiger partial charge on any atom is 0.330 e. The van der Waals surface area contributed by atoms with Crippen molar-refractivity contribution in [2.75, 3.05) is 0 Å². The van der Waals surface area contributed by atoms with Gasteiger partial charge in [-0.2, -0.15) is 0 Å². The van der Waals surface area contributed by atoms with Crippen LogP contribution in [-0.2, 0) is 9.53 Å². The van der Waals surface area contributed by atoms with Crippen LogP contribution in [0.25, 0.3) is 0 Å². The van der Waals surface area contributed by atoms with E-state index in [-0.39, 0.29) is 12.1 Å². The topological polar surface area (TPSA) is 26.3 Å². The molecular weight excluding hydrogens is 128 g/mol. The van der Waals surface area contributed by atoms with Gasteiger partial charge in [0.05, 0.1) is 0 Å². The molecule has 0 spiro atoms. The number of rotatable bonds is 4. The van der Waals surface area contributed by atoms with Crippen LogP contribution < -0.4 is 0 Å². The van der Waals surface area contributed by atoms with Crippen LogP contribution in [0.1, 0.15) is 13.3 Å². The molecule has 2 heteroatoms. The highest BCUT2D eigenvalue weighted by atomic mass is 16.5. The Balaban J connectivity index is 3.55. The van der Waals surface area contributed by atoms with Gasteiger partial charge in [-0.3, -0.25) is 0 Å². The van der Waals surface area contributed by atoms with Crippen molar-refractivity contribution in [3.05, 3.63) is 25.3 Å². The molecule has 0 aliphatic carbocycles. The van der Waals surface area contributed by atoms with Crippen LogP contribution in [0.15, 0.2) is 25.3 Å². The lowest BCUT2D eigenvalue weighted by Gasteiger charge is -2.07. The third-order valence-corrected chi connectivity index (χ3v) is 0.983. The van der Waals surface area contributed by atoms with Crippen LogP contribution >= 0.6 is 0 Å². The van der Waals surface area contributed by atoms with E-state index < -0.39 is 0 Å². The molecule has 0 aromatic carbocycles. The highest BCUT2D eigenvalue weighted by molar-refractivity contribution is 5.81. The highest BCUT2D eigenvalue weighted by Gasteiger charge is 2.02. The molecule has 0 aromatic heterocycles. The Morgan fingerprint density at radius 2 is 2.30 bits per heavy atom. The molecule has 0 amide bonds. The molecule has 0 saturated heterocycles. The average Bonchev–Trinajstić information content (AvgIpc) is 1.88. The quantitative estimate of drug-likeness (QED) is 0.337. The minimum Gasteiger partial charge on any atom is -0.459 e. The molecule has 0 aliphatic rings. The first-order valence-electron chi connectivity index (χ1n) is 3.14. The molecule has 0 aliphatic heterocycles. The Labute approximate surface area is 61.2 Å². The van der Waals surface area contributed by atoms with E-state index in [1.54, 1.807) is 6.08 Å². The van der Waals surface area contributed by atoms with E-state index in [1.165, 1.54) is 0 Å². The number of hydrogen-bond acceptors (Lipinski definition) is 2. The van der Waals surface area contributed by atoms with E-state index in [1.807, 2.05) is 6.92 Å². The first kappa shape index (κ1) is 8.95. The number of esters is 1. The zero-order chi connectivity index (χ0) is 7.98. The van der Waals surface area contributed by atoms with Gasteiger partial charge in [-0.05, 0) is 6.92 Å². The monoisotopic (exact) mass is 140 g/mol. The van der Waals surface area contributed by atoms with E-state index in [0.717, 1.165) is 6.08 Å². The summed E-state index contributed by atoms with van der Waals surface area (Å²) in [5.74, 6) is -0.380. The van der Waals surface area contributed by atoms with Gasteiger partial charge in [0.1, 0.15) is 6.10 Å². The molecule has 0 radical (unpaired) electrons. The van der Waals surface area contributed by atoms with Crippen LogP contribution in [0.2, 0.25) is 0 Å². The number of carbonyl (C=O) groups excluding carboxylic acids is 1. The Morgan fingerprint density at radius 1 is 1.70 bits per heavy atom. The van der Waals surface area contributed by atoms with E-state index in [9.17, 15) is 4.79 Å². The number of ether oxygens (including phenoxy) is 1. The van der Waals surface area contributed by atoms with E-state index in [2.05, 4.69) is 13.2 Å². The molecule has 0 aromatic rings. The van der Waals surface area contributed by atoms with Crippen molar-refractivity contribution in [1.29, 1.82) is 0 Å². The molecule has 1 atom stereocenters. The zero-order valence-electron chi connectivity index (χ0n) is 6.17. The van der Waals surface area contributed by atoms with Gasteiger partial charge in [0, 0.05) is 12.5 Å². The lowest BCUT2D eigenvalue weighted by atomic mass is 10.3. The van der Waals surface area contributed by atoms with Crippen molar-refractivity contribution in [2.24, 2.45) is 0 Å². The van der Waals surface area contributed by atoms with Gasteiger partial charge in [-0.1, -0.05) is 12.7 Å². The summed E-state index contributed by atoms with van der Waals surface area (Å²) >= 11 is 0. The zero-order valence-corrected chi connectivity index (χ0v) is 6.17. The lowest BCUT2D eigenvalue weighted by Crippen LogP contribution is -2.11. The summed E-state index contributed by atoms with van der Waals surface area (Å²) in [5, 5.41) is 0. The fourth-order valence-electron chi connectivity index (χ4n) is 0.529. The number of hydrogen-bond donors (Lipinski definition) is 0. The SMILES string of the molecule is C=CCC(C)OC(=O)C=C.